The monoisotopic (exact) mass is 300 g/mol. The number of nitrogens with two attached hydrogens (primary N) is 1. The number of halogens is 3. The van der Waals surface area contributed by atoms with E-state index in [1.54, 1.807) is 24.3 Å². The van der Waals surface area contributed by atoms with Crippen LogP contribution >= 0.6 is 0 Å². The maximum atomic E-state index is 13.1. The first kappa shape index (κ1) is 15.7. The molecule has 0 saturated heterocycles. The Balaban J connectivity index is 1.99. The molecule has 1 amide bonds. The number of benzene rings is 1. The molecule has 3 nitrogen and oxygen atoms in total. The predicted molar refractivity (Wildman–Crippen MR) is 74.5 cm³/mol. The second kappa shape index (κ2) is 6.37. The molecule has 1 aliphatic rings. The number of carbonyl (C=O) groups excluding carboxylic acids is 1. The average Bonchev–Trinajstić information content (AvgIpc) is 2.91. The molecule has 0 radical (unpaired) electrons. The summed E-state index contributed by atoms with van der Waals surface area (Å²) in [4.78, 5) is 11.9. The summed E-state index contributed by atoms with van der Waals surface area (Å²) in [6.45, 7) is 0. The van der Waals surface area contributed by atoms with Crippen molar-refractivity contribution in [2.45, 2.75) is 44.3 Å². The number of nitrogen functional groups attached to an aromatic ring is 1. The number of hydrogen-bond acceptors (Lipinski definition) is 2. The van der Waals surface area contributed by atoms with Gasteiger partial charge in [0.2, 0.25) is 5.91 Å². The summed E-state index contributed by atoms with van der Waals surface area (Å²) in [6.07, 6.45) is -1.83. The molecule has 21 heavy (non-hydrogen) atoms. The lowest BCUT2D eigenvalue weighted by molar-refractivity contribution is -0.171. The average molecular weight is 300 g/mol. The van der Waals surface area contributed by atoms with Crippen molar-refractivity contribution in [1.82, 2.24) is 5.32 Å². The number of carbonyl (C=O) groups is 1. The molecule has 0 bridgehead atoms. The van der Waals surface area contributed by atoms with E-state index in [9.17, 15) is 18.0 Å². The fourth-order valence-corrected chi connectivity index (χ4v) is 2.80. The first-order valence-electron chi connectivity index (χ1n) is 7.07. The van der Waals surface area contributed by atoms with Crippen LogP contribution in [0.15, 0.2) is 24.3 Å². The van der Waals surface area contributed by atoms with Crippen molar-refractivity contribution >= 4 is 11.6 Å². The Hall–Kier alpha value is -1.72. The molecule has 2 rings (SSSR count). The summed E-state index contributed by atoms with van der Waals surface area (Å²) in [5.74, 6) is -1.10. The van der Waals surface area contributed by atoms with Gasteiger partial charge in [0.15, 0.2) is 0 Å². The molecular formula is C15H19F3N2O. The summed E-state index contributed by atoms with van der Waals surface area (Å²) < 4.78 is 39.3. The van der Waals surface area contributed by atoms with E-state index in [0.717, 1.165) is 12.8 Å². The molecule has 116 valence electrons. The third-order valence-electron chi connectivity index (χ3n) is 3.88. The lowest BCUT2D eigenvalue weighted by Gasteiger charge is -2.27. The number of nitrogens with one attached hydrogen (secondary N) is 1. The van der Waals surface area contributed by atoms with Crippen LogP contribution in [-0.2, 0) is 11.2 Å². The fraction of sp³-hybridized carbons (Fsp3) is 0.533. The van der Waals surface area contributed by atoms with Gasteiger partial charge in [0.05, 0.1) is 6.42 Å². The molecule has 0 heterocycles. The highest BCUT2D eigenvalue weighted by molar-refractivity contribution is 5.79. The smallest absolute Gasteiger partial charge is 0.399 e. The number of rotatable bonds is 4. The van der Waals surface area contributed by atoms with Gasteiger partial charge in [-0.25, -0.2) is 0 Å². The summed E-state index contributed by atoms with van der Waals surface area (Å²) >= 11 is 0. The molecular weight excluding hydrogens is 281 g/mol. The minimum atomic E-state index is -4.40. The van der Waals surface area contributed by atoms with Crippen molar-refractivity contribution in [2.75, 3.05) is 5.73 Å². The van der Waals surface area contributed by atoms with Crippen molar-refractivity contribution < 1.29 is 18.0 Å². The van der Waals surface area contributed by atoms with Gasteiger partial charge in [0.25, 0.3) is 0 Å². The normalized spacial score (nSPS) is 17.7. The topological polar surface area (TPSA) is 55.1 Å². The first-order valence-corrected chi connectivity index (χ1v) is 7.07. The summed E-state index contributed by atoms with van der Waals surface area (Å²) in [6, 6.07) is 4.81. The fourth-order valence-electron chi connectivity index (χ4n) is 2.80. The molecule has 0 aromatic heterocycles. The zero-order chi connectivity index (χ0) is 15.5. The maximum Gasteiger partial charge on any atom is 0.408 e. The van der Waals surface area contributed by atoms with E-state index in [4.69, 9.17) is 5.73 Å². The third kappa shape index (κ3) is 4.37. The van der Waals surface area contributed by atoms with Crippen molar-refractivity contribution in [3.05, 3.63) is 29.8 Å². The quantitative estimate of drug-likeness (QED) is 0.840. The van der Waals surface area contributed by atoms with Crippen LogP contribution in [-0.4, -0.2) is 18.1 Å². The van der Waals surface area contributed by atoms with E-state index in [1.165, 1.54) is 0 Å². The number of alkyl halides is 3. The van der Waals surface area contributed by atoms with Crippen LogP contribution in [0.4, 0.5) is 18.9 Å². The van der Waals surface area contributed by atoms with Crippen LogP contribution in [0.5, 0.6) is 0 Å². The number of hydrogen-bond donors (Lipinski definition) is 2. The molecule has 1 aromatic rings. The minimum Gasteiger partial charge on any atom is -0.399 e. The Morgan fingerprint density at radius 1 is 1.24 bits per heavy atom. The van der Waals surface area contributed by atoms with E-state index < -0.39 is 24.0 Å². The van der Waals surface area contributed by atoms with Gasteiger partial charge in [0.1, 0.15) is 6.04 Å². The van der Waals surface area contributed by atoms with Gasteiger partial charge in [-0.05, 0) is 36.5 Å². The van der Waals surface area contributed by atoms with E-state index >= 15 is 0 Å². The van der Waals surface area contributed by atoms with E-state index in [2.05, 4.69) is 5.32 Å². The highest BCUT2D eigenvalue weighted by atomic mass is 19.4. The van der Waals surface area contributed by atoms with E-state index in [1.807, 2.05) is 0 Å². The van der Waals surface area contributed by atoms with Gasteiger partial charge in [0, 0.05) is 5.69 Å². The standard InChI is InChI=1S/C15H19F3N2O/c16-15(17,18)14(11-3-1-2-4-11)20-13(21)9-10-5-7-12(19)8-6-10/h5-8,11,14H,1-4,9,19H2,(H,20,21). The number of amides is 1. The second-order valence-electron chi connectivity index (χ2n) is 5.55. The van der Waals surface area contributed by atoms with Crippen LogP contribution in [0.3, 0.4) is 0 Å². The van der Waals surface area contributed by atoms with E-state index in [0.29, 0.717) is 24.1 Å². The van der Waals surface area contributed by atoms with Crippen LogP contribution < -0.4 is 11.1 Å². The Labute approximate surface area is 121 Å². The third-order valence-corrected chi connectivity index (χ3v) is 3.88. The molecule has 3 N–H and O–H groups in total. The van der Waals surface area contributed by atoms with Gasteiger partial charge in [-0.1, -0.05) is 25.0 Å². The van der Waals surface area contributed by atoms with Gasteiger partial charge >= 0.3 is 6.18 Å². The second-order valence-corrected chi connectivity index (χ2v) is 5.55. The van der Waals surface area contributed by atoms with Crippen LogP contribution in [0.25, 0.3) is 0 Å². The molecule has 1 fully saturated rings. The minimum absolute atomic E-state index is 0.0699. The highest BCUT2D eigenvalue weighted by Gasteiger charge is 2.46. The largest absolute Gasteiger partial charge is 0.408 e. The predicted octanol–water partition coefficient (Wildman–Crippen LogP) is 3.05. The lowest BCUT2D eigenvalue weighted by Crippen LogP contribution is -2.50. The Bertz CT molecular complexity index is 479. The zero-order valence-corrected chi connectivity index (χ0v) is 11.6. The Kier molecular flexibility index (Phi) is 4.75. The van der Waals surface area contributed by atoms with E-state index in [-0.39, 0.29) is 6.42 Å². The lowest BCUT2D eigenvalue weighted by atomic mass is 9.97. The van der Waals surface area contributed by atoms with Crippen molar-refractivity contribution in [3.8, 4) is 0 Å². The van der Waals surface area contributed by atoms with Gasteiger partial charge in [-0.15, -0.1) is 0 Å². The Morgan fingerprint density at radius 3 is 2.33 bits per heavy atom. The molecule has 1 atom stereocenters. The summed E-state index contributed by atoms with van der Waals surface area (Å²) in [7, 11) is 0. The molecule has 1 aliphatic carbocycles. The SMILES string of the molecule is Nc1ccc(CC(=O)NC(C2CCCC2)C(F)(F)F)cc1. The van der Waals surface area contributed by atoms with Crippen LogP contribution in [0, 0.1) is 5.92 Å². The van der Waals surface area contributed by atoms with Crippen molar-refractivity contribution in [3.63, 3.8) is 0 Å². The van der Waals surface area contributed by atoms with Gasteiger partial charge in [-0.3, -0.25) is 4.79 Å². The summed E-state index contributed by atoms with van der Waals surface area (Å²) in [5, 5.41) is 2.17. The summed E-state index contributed by atoms with van der Waals surface area (Å²) in [5.41, 5.74) is 6.73. The van der Waals surface area contributed by atoms with Crippen LogP contribution in [0.1, 0.15) is 31.2 Å². The molecule has 1 saturated carbocycles. The molecule has 0 aliphatic heterocycles. The maximum absolute atomic E-state index is 13.1. The van der Waals surface area contributed by atoms with Crippen molar-refractivity contribution in [2.24, 2.45) is 5.92 Å². The van der Waals surface area contributed by atoms with Gasteiger partial charge in [-0.2, -0.15) is 13.2 Å². The molecule has 6 heteroatoms. The Morgan fingerprint density at radius 2 is 1.81 bits per heavy atom. The molecule has 1 aromatic carbocycles. The first-order chi connectivity index (χ1) is 9.86. The number of anilines is 1. The van der Waals surface area contributed by atoms with Crippen LogP contribution in [0.2, 0.25) is 0 Å². The van der Waals surface area contributed by atoms with Crippen molar-refractivity contribution in [1.29, 1.82) is 0 Å². The molecule has 0 spiro atoms. The molecule has 1 unspecified atom stereocenters. The van der Waals surface area contributed by atoms with Gasteiger partial charge < -0.3 is 11.1 Å². The highest BCUT2D eigenvalue weighted by Crippen LogP contribution is 2.35. The zero-order valence-electron chi connectivity index (χ0n) is 11.6.